The van der Waals surface area contributed by atoms with Crippen LogP contribution in [0.15, 0.2) is 0 Å². The first-order chi connectivity index (χ1) is 7.06. The van der Waals surface area contributed by atoms with Crippen molar-refractivity contribution in [3.63, 3.8) is 0 Å². The normalized spacial score (nSPS) is 10.7. The number of ketones is 1. The molecule has 4 heteroatoms. The van der Waals surface area contributed by atoms with Gasteiger partial charge in [-0.15, -0.1) is 0 Å². The van der Waals surface area contributed by atoms with E-state index >= 15 is 0 Å². The lowest BCUT2D eigenvalue weighted by molar-refractivity contribution is -0.118. The number of carbonyl (C=O) groups is 1. The molecular weight excluding hydrogens is 212 g/mol. The van der Waals surface area contributed by atoms with Crippen molar-refractivity contribution < 1.29 is 4.79 Å². The molecule has 1 rings (SSSR count). The summed E-state index contributed by atoms with van der Waals surface area (Å²) in [5, 5.41) is 4.92. The zero-order valence-corrected chi connectivity index (χ0v) is 10.3. The minimum atomic E-state index is 0.313. The largest absolute Gasteiger partial charge is 0.300 e. The zero-order chi connectivity index (χ0) is 11.4. The van der Waals surface area contributed by atoms with E-state index in [2.05, 4.69) is 5.10 Å². The average molecular weight is 229 g/mol. The summed E-state index contributed by atoms with van der Waals surface area (Å²) in [6, 6.07) is 0. The van der Waals surface area contributed by atoms with Gasteiger partial charge >= 0.3 is 0 Å². The maximum Gasteiger partial charge on any atom is 0.132 e. The molecule has 0 fully saturated rings. The van der Waals surface area contributed by atoms with Crippen molar-refractivity contribution in [2.24, 2.45) is 7.05 Å². The van der Waals surface area contributed by atoms with E-state index in [0.717, 1.165) is 24.1 Å². The summed E-state index contributed by atoms with van der Waals surface area (Å²) in [5.74, 6) is 0.313. The number of carbonyl (C=O) groups excluding carboxylic acids is 1. The SMILES string of the molecule is CCC(=O)CCCc1c(C)nn(C)c1Cl. The van der Waals surface area contributed by atoms with Gasteiger partial charge in [0, 0.05) is 25.5 Å². The standard InChI is InChI=1S/C11H17ClN2O/c1-4-9(15)6-5-7-10-8(2)13-14(3)11(10)12/h4-7H2,1-3H3. The molecule has 0 aliphatic heterocycles. The summed E-state index contributed by atoms with van der Waals surface area (Å²) < 4.78 is 1.67. The molecule has 1 aromatic rings. The van der Waals surface area contributed by atoms with E-state index in [4.69, 9.17) is 11.6 Å². The molecule has 0 saturated heterocycles. The van der Waals surface area contributed by atoms with Crippen molar-refractivity contribution in [3.8, 4) is 0 Å². The third-order valence-corrected chi connectivity index (χ3v) is 3.02. The Morgan fingerprint density at radius 1 is 1.53 bits per heavy atom. The Kier molecular flexibility index (Phi) is 4.33. The number of halogens is 1. The lowest BCUT2D eigenvalue weighted by atomic mass is 10.1. The summed E-state index contributed by atoms with van der Waals surface area (Å²) >= 11 is 6.08. The van der Waals surface area contributed by atoms with Crippen LogP contribution in [0.4, 0.5) is 0 Å². The van der Waals surface area contributed by atoms with Crippen LogP contribution in [0.1, 0.15) is 37.4 Å². The summed E-state index contributed by atoms with van der Waals surface area (Å²) in [6.07, 6.45) is 2.96. The number of rotatable bonds is 5. The van der Waals surface area contributed by atoms with Gasteiger partial charge in [0.1, 0.15) is 10.9 Å². The molecule has 0 aliphatic rings. The second kappa shape index (κ2) is 5.31. The molecule has 0 N–H and O–H groups in total. The van der Waals surface area contributed by atoms with E-state index in [-0.39, 0.29) is 0 Å². The van der Waals surface area contributed by atoms with Crippen molar-refractivity contribution in [2.75, 3.05) is 0 Å². The highest BCUT2D eigenvalue weighted by Gasteiger charge is 2.10. The Balaban J connectivity index is 2.54. The molecule has 15 heavy (non-hydrogen) atoms. The monoisotopic (exact) mass is 228 g/mol. The van der Waals surface area contributed by atoms with Crippen molar-refractivity contribution in [1.29, 1.82) is 0 Å². The molecule has 0 bridgehead atoms. The number of nitrogens with zero attached hydrogens (tertiary/aromatic N) is 2. The van der Waals surface area contributed by atoms with Crippen LogP contribution in [-0.4, -0.2) is 15.6 Å². The molecule has 0 radical (unpaired) electrons. The van der Waals surface area contributed by atoms with Crippen LogP contribution in [0.25, 0.3) is 0 Å². The number of hydrogen-bond acceptors (Lipinski definition) is 2. The molecule has 1 aromatic heterocycles. The van der Waals surface area contributed by atoms with Gasteiger partial charge in [-0.25, -0.2) is 0 Å². The predicted octanol–water partition coefficient (Wildman–Crippen LogP) is 2.68. The first kappa shape index (κ1) is 12.2. The highest BCUT2D eigenvalue weighted by atomic mass is 35.5. The average Bonchev–Trinajstić information content (AvgIpc) is 2.44. The first-order valence-corrected chi connectivity index (χ1v) is 5.63. The van der Waals surface area contributed by atoms with Crippen LogP contribution in [0.2, 0.25) is 5.15 Å². The smallest absolute Gasteiger partial charge is 0.132 e. The van der Waals surface area contributed by atoms with E-state index in [9.17, 15) is 4.79 Å². The molecule has 0 spiro atoms. The van der Waals surface area contributed by atoms with Crippen molar-refractivity contribution in [1.82, 2.24) is 9.78 Å². The molecule has 1 heterocycles. The van der Waals surface area contributed by atoms with E-state index in [0.29, 0.717) is 23.8 Å². The van der Waals surface area contributed by atoms with Crippen LogP contribution in [0.3, 0.4) is 0 Å². The fourth-order valence-electron chi connectivity index (χ4n) is 1.60. The van der Waals surface area contributed by atoms with Gasteiger partial charge in [-0.05, 0) is 19.8 Å². The number of aryl methyl sites for hydroxylation is 2. The van der Waals surface area contributed by atoms with Gasteiger partial charge in [0.05, 0.1) is 5.69 Å². The van der Waals surface area contributed by atoms with Crippen LogP contribution in [0, 0.1) is 6.92 Å². The Hall–Kier alpha value is -0.830. The van der Waals surface area contributed by atoms with Crippen LogP contribution in [-0.2, 0) is 18.3 Å². The van der Waals surface area contributed by atoms with E-state index < -0.39 is 0 Å². The van der Waals surface area contributed by atoms with E-state index in [1.165, 1.54) is 0 Å². The van der Waals surface area contributed by atoms with E-state index in [1.807, 2.05) is 20.9 Å². The topological polar surface area (TPSA) is 34.9 Å². The molecule has 0 aromatic carbocycles. The Bertz CT molecular complexity index is 358. The molecule has 84 valence electrons. The molecule has 3 nitrogen and oxygen atoms in total. The van der Waals surface area contributed by atoms with Gasteiger partial charge in [-0.1, -0.05) is 18.5 Å². The predicted molar refractivity (Wildman–Crippen MR) is 61.2 cm³/mol. The first-order valence-electron chi connectivity index (χ1n) is 5.26. The molecule has 0 amide bonds. The van der Waals surface area contributed by atoms with Crippen molar-refractivity contribution in [2.45, 2.75) is 39.5 Å². The Morgan fingerprint density at radius 2 is 2.20 bits per heavy atom. The van der Waals surface area contributed by atoms with Crippen LogP contribution < -0.4 is 0 Å². The van der Waals surface area contributed by atoms with Crippen molar-refractivity contribution >= 4 is 17.4 Å². The lowest BCUT2D eigenvalue weighted by Gasteiger charge is -1.99. The van der Waals surface area contributed by atoms with Crippen LogP contribution >= 0.6 is 11.6 Å². The highest BCUT2D eigenvalue weighted by molar-refractivity contribution is 6.30. The van der Waals surface area contributed by atoms with Gasteiger partial charge in [-0.2, -0.15) is 5.10 Å². The molecule has 0 atom stereocenters. The summed E-state index contributed by atoms with van der Waals surface area (Å²) in [4.78, 5) is 11.1. The molecule has 0 aliphatic carbocycles. The minimum Gasteiger partial charge on any atom is -0.300 e. The summed E-state index contributed by atoms with van der Waals surface area (Å²) in [5.41, 5.74) is 2.04. The summed E-state index contributed by atoms with van der Waals surface area (Å²) in [6.45, 7) is 3.84. The summed E-state index contributed by atoms with van der Waals surface area (Å²) in [7, 11) is 1.83. The fraction of sp³-hybridized carbons (Fsp3) is 0.636. The quantitative estimate of drug-likeness (QED) is 0.777. The third-order valence-electron chi connectivity index (χ3n) is 2.55. The molecule has 0 unspecified atom stereocenters. The van der Waals surface area contributed by atoms with Gasteiger partial charge in [0.25, 0.3) is 0 Å². The molecular formula is C11H17ClN2O. The fourth-order valence-corrected chi connectivity index (χ4v) is 1.87. The second-order valence-corrected chi connectivity index (χ2v) is 4.08. The minimum absolute atomic E-state index is 0.313. The van der Waals surface area contributed by atoms with Crippen molar-refractivity contribution in [3.05, 3.63) is 16.4 Å². The second-order valence-electron chi connectivity index (χ2n) is 3.72. The number of hydrogen-bond donors (Lipinski definition) is 0. The maximum absolute atomic E-state index is 11.1. The number of aromatic nitrogens is 2. The number of Topliss-reactive ketones (excluding diaryl/α,β-unsaturated/α-hetero) is 1. The lowest BCUT2D eigenvalue weighted by Crippen LogP contribution is -1.97. The maximum atomic E-state index is 11.1. The highest BCUT2D eigenvalue weighted by Crippen LogP contribution is 2.20. The molecule has 0 saturated carbocycles. The Morgan fingerprint density at radius 3 is 2.67 bits per heavy atom. The van der Waals surface area contributed by atoms with E-state index in [1.54, 1.807) is 4.68 Å². The van der Waals surface area contributed by atoms with Gasteiger partial charge in [0.2, 0.25) is 0 Å². The van der Waals surface area contributed by atoms with Gasteiger partial charge in [0.15, 0.2) is 0 Å². The van der Waals surface area contributed by atoms with Crippen LogP contribution in [0.5, 0.6) is 0 Å². The Labute approximate surface area is 95.4 Å². The van der Waals surface area contributed by atoms with Gasteiger partial charge < -0.3 is 0 Å². The van der Waals surface area contributed by atoms with Gasteiger partial charge in [-0.3, -0.25) is 9.48 Å². The zero-order valence-electron chi connectivity index (χ0n) is 9.51. The third kappa shape index (κ3) is 3.06.